The summed E-state index contributed by atoms with van der Waals surface area (Å²) in [5.74, 6) is 6.61. The average molecular weight is 414 g/mol. The minimum absolute atomic E-state index is 0.102. The van der Waals surface area contributed by atoms with Gasteiger partial charge in [0, 0.05) is 8.95 Å². The van der Waals surface area contributed by atoms with Gasteiger partial charge >= 0.3 is 0 Å². The normalized spacial score (nSPS) is 12.5. The van der Waals surface area contributed by atoms with E-state index in [0.717, 1.165) is 25.8 Å². The first-order valence-electron chi connectivity index (χ1n) is 6.68. The van der Waals surface area contributed by atoms with E-state index in [1.54, 1.807) is 0 Å². The van der Waals surface area contributed by atoms with Crippen molar-refractivity contribution >= 4 is 31.9 Å². The van der Waals surface area contributed by atoms with Crippen molar-refractivity contribution in [2.75, 3.05) is 0 Å². The van der Waals surface area contributed by atoms with Crippen molar-refractivity contribution in [2.24, 2.45) is 5.84 Å². The van der Waals surface area contributed by atoms with Crippen LogP contribution in [0.3, 0.4) is 0 Å². The van der Waals surface area contributed by atoms with Crippen molar-refractivity contribution in [3.05, 3.63) is 62.5 Å². The van der Waals surface area contributed by atoms with E-state index in [1.165, 1.54) is 0 Å². The molecule has 0 heterocycles. The molecule has 3 nitrogen and oxygen atoms in total. The molecule has 1 unspecified atom stereocenters. The first kappa shape index (κ1) is 16.5. The Kier molecular flexibility index (Phi) is 5.81. The van der Waals surface area contributed by atoms with Gasteiger partial charge in [-0.2, -0.15) is 0 Å². The molecule has 0 aliphatic heterocycles. The number of nitrogens with one attached hydrogen (secondary N) is 1. The SMILES string of the molecule is CC(C)Oc1cccc(C(NN)c2cc(Br)cc(Br)c2)c1. The van der Waals surface area contributed by atoms with Crippen LogP contribution < -0.4 is 16.0 Å². The van der Waals surface area contributed by atoms with Crippen LogP contribution in [0.2, 0.25) is 0 Å². The fraction of sp³-hybridized carbons (Fsp3) is 0.250. The summed E-state index contributed by atoms with van der Waals surface area (Å²) in [5.41, 5.74) is 5.00. The summed E-state index contributed by atoms with van der Waals surface area (Å²) >= 11 is 7.01. The summed E-state index contributed by atoms with van der Waals surface area (Å²) < 4.78 is 7.75. The van der Waals surface area contributed by atoms with E-state index >= 15 is 0 Å². The molecule has 2 aromatic carbocycles. The second-order valence-electron chi connectivity index (χ2n) is 5.04. The van der Waals surface area contributed by atoms with Gasteiger partial charge in [0.25, 0.3) is 0 Å². The smallest absolute Gasteiger partial charge is 0.120 e. The third-order valence-electron chi connectivity index (χ3n) is 2.95. The first-order valence-corrected chi connectivity index (χ1v) is 8.27. The predicted octanol–water partition coefficient (Wildman–Crippen LogP) is 4.55. The van der Waals surface area contributed by atoms with Gasteiger partial charge in [-0.05, 0) is 55.3 Å². The molecule has 0 aliphatic rings. The van der Waals surface area contributed by atoms with Crippen molar-refractivity contribution in [3.63, 3.8) is 0 Å². The average Bonchev–Trinajstić information content (AvgIpc) is 2.38. The van der Waals surface area contributed by atoms with E-state index in [4.69, 9.17) is 10.6 Å². The minimum atomic E-state index is -0.102. The van der Waals surface area contributed by atoms with Gasteiger partial charge in [0.2, 0.25) is 0 Å². The zero-order chi connectivity index (χ0) is 15.4. The molecule has 0 amide bonds. The van der Waals surface area contributed by atoms with Crippen LogP contribution in [0.5, 0.6) is 5.75 Å². The summed E-state index contributed by atoms with van der Waals surface area (Å²) in [5, 5.41) is 0. The van der Waals surface area contributed by atoms with Crippen molar-refractivity contribution in [2.45, 2.75) is 26.0 Å². The lowest BCUT2D eigenvalue weighted by molar-refractivity contribution is 0.242. The van der Waals surface area contributed by atoms with Crippen LogP contribution in [-0.4, -0.2) is 6.10 Å². The van der Waals surface area contributed by atoms with Crippen LogP contribution >= 0.6 is 31.9 Å². The molecule has 0 saturated carbocycles. The highest BCUT2D eigenvalue weighted by atomic mass is 79.9. The van der Waals surface area contributed by atoms with Crippen molar-refractivity contribution < 1.29 is 4.74 Å². The molecule has 0 radical (unpaired) electrons. The Hall–Kier alpha value is -0.880. The molecule has 0 fully saturated rings. The highest BCUT2D eigenvalue weighted by molar-refractivity contribution is 9.11. The molecule has 5 heteroatoms. The summed E-state index contributed by atoms with van der Waals surface area (Å²) in [4.78, 5) is 0. The topological polar surface area (TPSA) is 47.3 Å². The maximum atomic E-state index is 5.77. The number of benzene rings is 2. The lowest BCUT2D eigenvalue weighted by Crippen LogP contribution is -2.28. The monoisotopic (exact) mass is 412 g/mol. The molecule has 112 valence electrons. The van der Waals surface area contributed by atoms with E-state index in [0.29, 0.717) is 0 Å². The number of nitrogens with two attached hydrogens (primary N) is 1. The highest BCUT2D eigenvalue weighted by Crippen LogP contribution is 2.29. The Morgan fingerprint density at radius 3 is 2.24 bits per heavy atom. The van der Waals surface area contributed by atoms with Crippen LogP contribution in [0.4, 0.5) is 0 Å². The summed E-state index contributed by atoms with van der Waals surface area (Å²) in [6.07, 6.45) is 0.143. The van der Waals surface area contributed by atoms with Gasteiger partial charge in [-0.1, -0.05) is 44.0 Å². The second kappa shape index (κ2) is 7.40. The lowest BCUT2D eigenvalue weighted by Gasteiger charge is -2.19. The molecule has 0 aromatic heterocycles. The number of rotatable bonds is 5. The van der Waals surface area contributed by atoms with Gasteiger partial charge in [0.15, 0.2) is 0 Å². The number of hydrogen-bond acceptors (Lipinski definition) is 3. The quantitative estimate of drug-likeness (QED) is 0.558. The standard InChI is InChI=1S/C16H18Br2N2O/c1-10(2)21-15-5-3-4-11(8-15)16(20-19)12-6-13(17)9-14(18)7-12/h3-10,16,20H,19H2,1-2H3. The molecular formula is C16H18Br2N2O. The van der Waals surface area contributed by atoms with E-state index < -0.39 is 0 Å². The fourth-order valence-electron chi connectivity index (χ4n) is 2.17. The van der Waals surface area contributed by atoms with Crippen LogP contribution in [0.15, 0.2) is 51.4 Å². The Morgan fingerprint density at radius 2 is 1.67 bits per heavy atom. The zero-order valence-electron chi connectivity index (χ0n) is 11.9. The lowest BCUT2D eigenvalue weighted by atomic mass is 9.99. The van der Waals surface area contributed by atoms with E-state index in [-0.39, 0.29) is 12.1 Å². The predicted molar refractivity (Wildman–Crippen MR) is 93.2 cm³/mol. The maximum Gasteiger partial charge on any atom is 0.120 e. The zero-order valence-corrected chi connectivity index (χ0v) is 15.1. The molecule has 0 bridgehead atoms. The van der Waals surface area contributed by atoms with Gasteiger partial charge in [-0.3, -0.25) is 5.84 Å². The molecule has 0 aliphatic carbocycles. The molecule has 2 aromatic rings. The Bertz CT molecular complexity index is 597. The Labute approximate surface area is 142 Å². The Balaban J connectivity index is 2.36. The minimum Gasteiger partial charge on any atom is -0.491 e. The number of halogens is 2. The van der Waals surface area contributed by atoms with Gasteiger partial charge in [-0.15, -0.1) is 0 Å². The highest BCUT2D eigenvalue weighted by Gasteiger charge is 2.14. The fourth-order valence-corrected chi connectivity index (χ4v) is 3.50. The van der Waals surface area contributed by atoms with Crippen LogP contribution in [-0.2, 0) is 0 Å². The van der Waals surface area contributed by atoms with Gasteiger partial charge < -0.3 is 4.74 Å². The van der Waals surface area contributed by atoms with E-state index in [2.05, 4.69) is 37.3 Å². The third-order valence-corrected chi connectivity index (χ3v) is 3.86. The maximum absolute atomic E-state index is 5.77. The van der Waals surface area contributed by atoms with Crippen LogP contribution in [0, 0.1) is 0 Å². The molecule has 3 N–H and O–H groups in total. The van der Waals surface area contributed by atoms with Crippen LogP contribution in [0.25, 0.3) is 0 Å². The van der Waals surface area contributed by atoms with Gasteiger partial charge in [0.1, 0.15) is 5.75 Å². The molecule has 2 rings (SSSR count). The van der Waals surface area contributed by atoms with Crippen molar-refractivity contribution in [1.29, 1.82) is 0 Å². The number of hydrogen-bond donors (Lipinski definition) is 2. The van der Waals surface area contributed by atoms with E-state index in [1.807, 2.05) is 56.3 Å². The Morgan fingerprint density at radius 1 is 1.00 bits per heavy atom. The van der Waals surface area contributed by atoms with E-state index in [9.17, 15) is 0 Å². The van der Waals surface area contributed by atoms with Gasteiger partial charge in [-0.25, -0.2) is 5.43 Å². The first-order chi connectivity index (χ1) is 9.99. The largest absolute Gasteiger partial charge is 0.491 e. The summed E-state index contributed by atoms with van der Waals surface area (Å²) in [6, 6.07) is 14.0. The molecule has 21 heavy (non-hydrogen) atoms. The molecular weight excluding hydrogens is 396 g/mol. The number of hydrazine groups is 1. The second-order valence-corrected chi connectivity index (χ2v) is 6.87. The van der Waals surface area contributed by atoms with Gasteiger partial charge in [0.05, 0.1) is 12.1 Å². The van der Waals surface area contributed by atoms with Crippen LogP contribution in [0.1, 0.15) is 31.0 Å². The molecule has 1 atom stereocenters. The summed E-state index contributed by atoms with van der Waals surface area (Å²) in [6.45, 7) is 4.02. The number of ether oxygens (including phenoxy) is 1. The van der Waals surface area contributed by atoms with Crippen molar-refractivity contribution in [1.82, 2.24) is 5.43 Å². The third kappa shape index (κ3) is 4.54. The molecule has 0 saturated heterocycles. The summed E-state index contributed by atoms with van der Waals surface area (Å²) in [7, 11) is 0. The molecule has 0 spiro atoms. The van der Waals surface area contributed by atoms with Crippen molar-refractivity contribution in [3.8, 4) is 5.75 Å².